The van der Waals surface area contributed by atoms with Crippen LogP contribution in [0.4, 0.5) is 13.2 Å². The Hall–Kier alpha value is -4.10. The second-order valence-electron chi connectivity index (χ2n) is 9.63. The zero-order chi connectivity index (χ0) is 30.9. The van der Waals surface area contributed by atoms with Crippen molar-refractivity contribution in [3.63, 3.8) is 0 Å². The Morgan fingerprint density at radius 1 is 1.12 bits per heavy atom. The summed E-state index contributed by atoms with van der Waals surface area (Å²) >= 11 is 6.37. The van der Waals surface area contributed by atoms with Gasteiger partial charge in [0.05, 0.1) is 45.0 Å². The van der Waals surface area contributed by atoms with Crippen LogP contribution < -0.4 is 9.47 Å². The van der Waals surface area contributed by atoms with Gasteiger partial charge in [-0.05, 0) is 38.1 Å². The number of rotatable bonds is 9. The fraction of sp³-hybridized carbons (Fsp3) is 0.379. The summed E-state index contributed by atoms with van der Waals surface area (Å²) in [4.78, 5) is 16.3. The number of para-hydroxylation sites is 1. The van der Waals surface area contributed by atoms with Gasteiger partial charge in [0.1, 0.15) is 18.0 Å². The van der Waals surface area contributed by atoms with Crippen LogP contribution in [-0.2, 0) is 33.3 Å². The lowest BCUT2D eigenvalue weighted by molar-refractivity contribution is -0.146. The number of aryl methyl sites for hydroxylation is 2. The summed E-state index contributed by atoms with van der Waals surface area (Å²) in [5, 5.41) is 7.73. The highest BCUT2D eigenvalue weighted by Gasteiger charge is 2.44. The molecule has 0 radical (unpaired) electrons. The highest BCUT2D eigenvalue weighted by atomic mass is 35.5. The summed E-state index contributed by atoms with van der Waals surface area (Å²) in [5.74, 6) is -0.341. The number of nitrogens with zero attached hydrogens (tertiary/aromatic N) is 4. The number of benzene rings is 2. The van der Waals surface area contributed by atoms with Gasteiger partial charge in [0, 0.05) is 22.6 Å². The largest absolute Gasteiger partial charge is 0.493 e. The van der Waals surface area contributed by atoms with E-state index in [4.69, 9.17) is 35.0 Å². The second kappa shape index (κ2) is 12.3. The lowest BCUT2D eigenvalue weighted by Crippen LogP contribution is -2.17. The first kappa shape index (κ1) is 30.4. The Balaban J connectivity index is 1.64. The van der Waals surface area contributed by atoms with Crippen molar-refractivity contribution in [3.8, 4) is 17.2 Å². The Labute approximate surface area is 249 Å². The van der Waals surface area contributed by atoms with Gasteiger partial charge in [0.25, 0.3) is 0 Å². The van der Waals surface area contributed by atoms with Crippen molar-refractivity contribution in [1.29, 1.82) is 0 Å². The van der Waals surface area contributed by atoms with E-state index >= 15 is 0 Å². The molecule has 0 saturated carbocycles. The van der Waals surface area contributed by atoms with Crippen LogP contribution >= 0.6 is 11.6 Å². The van der Waals surface area contributed by atoms with Gasteiger partial charge in [-0.1, -0.05) is 23.7 Å². The van der Waals surface area contributed by atoms with E-state index in [1.807, 2.05) is 0 Å². The van der Waals surface area contributed by atoms with Gasteiger partial charge in [-0.3, -0.25) is 9.36 Å². The minimum atomic E-state index is -4.83. The van der Waals surface area contributed by atoms with Crippen LogP contribution in [0.1, 0.15) is 65.7 Å². The van der Waals surface area contributed by atoms with E-state index in [1.165, 1.54) is 32.4 Å². The van der Waals surface area contributed by atoms with E-state index in [-0.39, 0.29) is 54.3 Å². The zero-order valence-corrected chi connectivity index (χ0v) is 24.5. The number of oxazole rings is 1. The molecule has 0 fully saturated rings. The number of ether oxygens (including phenoxy) is 4. The van der Waals surface area contributed by atoms with Crippen molar-refractivity contribution in [1.82, 2.24) is 19.7 Å². The first-order chi connectivity index (χ1) is 20.5. The number of halogens is 4. The van der Waals surface area contributed by atoms with E-state index in [0.29, 0.717) is 34.1 Å². The van der Waals surface area contributed by atoms with E-state index < -0.39 is 24.2 Å². The Bertz CT molecular complexity index is 1640. The summed E-state index contributed by atoms with van der Waals surface area (Å²) < 4.78 is 72.4. The molecule has 0 unspecified atom stereocenters. The van der Waals surface area contributed by atoms with Crippen LogP contribution in [0.15, 0.2) is 40.8 Å². The number of esters is 1. The number of carbonyl (C=O) groups is 1. The summed E-state index contributed by atoms with van der Waals surface area (Å²) in [6, 6.07) is 9.63. The Morgan fingerprint density at radius 3 is 2.60 bits per heavy atom. The number of hydrogen-bond acceptors (Lipinski definition) is 9. The van der Waals surface area contributed by atoms with Crippen LogP contribution in [-0.4, -0.2) is 46.5 Å². The Kier molecular flexibility index (Phi) is 8.65. The molecule has 2 aromatic carbocycles. The van der Waals surface area contributed by atoms with Crippen LogP contribution in [0.3, 0.4) is 0 Å². The maximum Gasteiger partial charge on any atom is 0.452 e. The summed E-state index contributed by atoms with van der Waals surface area (Å²) in [5.41, 5.74) is 1.48. The number of alkyl halides is 3. The van der Waals surface area contributed by atoms with E-state index in [9.17, 15) is 18.0 Å². The fourth-order valence-electron chi connectivity index (χ4n) is 5.08. The highest BCUT2D eigenvalue weighted by molar-refractivity contribution is 6.30. The van der Waals surface area contributed by atoms with Gasteiger partial charge in [-0.2, -0.15) is 13.2 Å². The smallest absolute Gasteiger partial charge is 0.452 e. The maximum atomic E-state index is 14.3. The molecule has 0 N–H and O–H groups in total. The van der Waals surface area contributed by atoms with E-state index in [0.717, 1.165) is 4.57 Å². The predicted molar refractivity (Wildman–Crippen MR) is 146 cm³/mol. The summed E-state index contributed by atoms with van der Waals surface area (Å²) in [7, 11) is 2.93. The number of aromatic nitrogens is 4. The number of fused-ring (bicyclic) bond motifs is 3. The third-order valence-electron chi connectivity index (χ3n) is 6.92. The molecule has 0 aliphatic carbocycles. The average molecular weight is 621 g/mol. The molecular weight excluding hydrogens is 593 g/mol. The molecule has 228 valence electrons. The number of carbonyl (C=O) groups excluding carboxylic acids is 1. The van der Waals surface area contributed by atoms with Gasteiger partial charge < -0.3 is 23.4 Å². The SMILES string of the molecule is CCOC(=O)CCc1oc(C[C@@H]2O[C@@H](c3cccc(OC)c3OC)c3cc(Cl)ccc3-n3c2nnc3C(F)(F)F)nc1C. The molecule has 43 heavy (non-hydrogen) atoms. The fourth-order valence-corrected chi connectivity index (χ4v) is 5.26. The van der Waals surface area contributed by atoms with Crippen LogP contribution in [0, 0.1) is 6.92 Å². The molecule has 1 aliphatic heterocycles. The van der Waals surface area contributed by atoms with Gasteiger partial charge in [-0.25, -0.2) is 4.98 Å². The molecule has 0 bridgehead atoms. The van der Waals surface area contributed by atoms with Gasteiger partial charge in [0.15, 0.2) is 23.2 Å². The summed E-state index contributed by atoms with van der Waals surface area (Å²) in [6.45, 7) is 3.69. The number of methoxy groups -OCH3 is 2. The molecular formula is C29H28ClF3N4O6. The van der Waals surface area contributed by atoms with Crippen molar-refractivity contribution < 1.29 is 41.3 Å². The molecule has 0 saturated heterocycles. The molecule has 5 rings (SSSR count). The first-order valence-electron chi connectivity index (χ1n) is 13.3. The lowest BCUT2D eigenvalue weighted by atomic mass is 9.98. The molecule has 0 amide bonds. The van der Waals surface area contributed by atoms with E-state index in [2.05, 4.69) is 15.2 Å². The minimum Gasteiger partial charge on any atom is -0.493 e. The molecule has 3 heterocycles. The van der Waals surface area contributed by atoms with Crippen LogP contribution in [0.2, 0.25) is 5.02 Å². The van der Waals surface area contributed by atoms with Gasteiger partial charge in [0.2, 0.25) is 5.82 Å². The molecule has 10 nitrogen and oxygen atoms in total. The molecule has 2 aromatic heterocycles. The molecule has 1 aliphatic rings. The van der Waals surface area contributed by atoms with Gasteiger partial charge >= 0.3 is 12.1 Å². The average Bonchev–Trinajstić information content (AvgIpc) is 3.54. The van der Waals surface area contributed by atoms with Gasteiger partial charge in [-0.15, -0.1) is 10.2 Å². The molecule has 2 atom stereocenters. The van der Waals surface area contributed by atoms with E-state index in [1.54, 1.807) is 32.0 Å². The quantitative estimate of drug-likeness (QED) is 0.203. The topological polar surface area (TPSA) is 111 Å². The normalized spacial score (nSPS) is 16.3. The number of hydrogen-bond donors (Lipinski definition) is 0. The van der Waals surface area contributed by atoms with Crippen molar-refractivity contribution in [2.45, 2.75) is 51.5 Å². The standard InChI is InChI=1S/C29H28ClF3N4O6/c1-5-41-24(38)12-11-20-15(2)34-23(42-20)14-22-27-35-36-28(29(31,32)33)37(27)19-10-9-16(30)13-18(19)25(43-22)17-7-6-8-21(39-3)26(17)40-4/h6-10,13,22,25H,5,11-12,14H2,1-4H3/t22-,25-/m0/s1. The minimum absolute atomic E-state index is 0.0836. The monoisotopic (exact) mass is 620 g/mol. The van der Waals surface area contributed by atoms with Crippen molar-refractivity contribution in [2.75, 3.05) is 20.8 Å². The molecule has 4 aromatic rings. The third kappa shape index (κ3) is 6.04. The van der Waals surface area contributed by atoms with Crippen LogP contribution in [0.25, 0.3) is 5.69 Å². The summed E-state index contributed by atoms with van der Waals surface area (Å²) in [6.07, 6.45) is -6.70. The highest BCUT2D eigenvalue weighted by Crippen LogP contribution is 2.47. The zero-order valence-electron chi connectivity index (χ0n) is 23.7. The van der Waals surface area contributed by atoms with Crippen LogP contribution in [0.5, 0.6) is 11.5 Å². The maximum absolute atomic E-state index is 14.3. The van der Waals surface area contributed by atoms with Crippen molar-refractivity contribution >= 4 is 17.6 Å². The van der Waals surface area contributed by atoms with Crippen molar-refractivity contribution in [2.24, 2.45) is 0 Å². The first-order valence-corrected chi connectivity index (χ1v) is 13.7. The second-order valence-corrected chi connectivity index (χ2v) is 10.1. The third-order valence-corrected chi connectivity index (χ3v) is 7.15. The molecule has 14 heteroatoms. The van der Waals surface area contributed by atoms with Crippen molar-refractivity contribution in [3.05, 3.63) is 81.5 Å². The predicted octanol–water partition coefficient (Wildman–Crippen LogP) is 6.15. The molecule has 0 spiro atoms. The lowest BCUT2D eigenvalue weighted by Gasteiger charge is -2.24. The Morgan fingerprint density at radius 2 is 1.91 bits per heavy atom.